The van der Waals surface area contributed by atoms with Gasteiger partial charge in [-0.05, 0) is 30.3 Å². The second-order valence-corrected chi connectivity index (χ2v) is 5.42. The van der Waals surface area contributed by atoms with Crippen molar-refractivity contribution in [2.24, 2.45) is 0 Å². The second kappa shape index (κ2) is 7.61. The lowest BCUT2D eigenvalue weighted by Gasteiger charge is -2.19. The number of nitrogens with zero attached hydrogens (tertiary/aromatic N) is 3. The Kier molecular flexibility index (Phi) is 5.09. The molecule has 0 N–H and O–H groups in total. The first kappa shape index (κ1) is 16.7. The zero-order valence-corrected chi connectivity index (χ0v) is 14.0. The number of para-hydroxylation sites is 1. The van der Waals surface area contributed by atoms with E-state index in [4.69, 9.17) is 9.47 Å². The number of aromatic nitrogens is 2. The molecule has 0 amide bonds. The van der Waals surface area contributed by atoms with E-state index < -0.39 is 0 Å². The molecule has 0 saturated heterocycles. The summed E-state index contributed by atoms with van der Waals surface area (Å²) in [5, 5.41) is 0. The molecular weight excluding hydrogens is 321 g/mol. The van der Waals surface area contributed by atoms with Gasteiger partial charge < -0.3 is 14.4 Å². The van der Waals surface area contributed by atoms with Crippen LogP contribution in [0, 0.1) is 5.82 Å². The van der Waals surface area contributed by atoms with Crippen LogP contribution >= 0.6 is 0 Å². The number of hydrogen-bond donors (Lipinski definition) is 0. The summed E-state index contributed by atoms with van der Waals surface area (Å²) in [6.07, 6.45) is 1.62. The summed E-state index contributed by atoms with van der Waals surface area (Å²) in [6, 6.07) is 15.2. The molecule has 25 heavy (non-hydrogen) atoms. The minimum Gasteiger partial charge on any atom is -0.496 e. The van der Waals surface area contributed by atoms with E-state index in [-0.39, 0.29) is 5.82 Å². The molecule has 1 heterocycles. The number of benzene rings is 2. The molecule has 0 spiro atoms. The molecule has 2 aromatic carbocycles. The summed E-state index contributed by atoms with van der Waals surface area (Å²) in [4.78, 5) is 10.6. The van der Waals surface area contributed by atoms with Crippen molar-refractivity contribution >= 4 is 5.95 Å². The molecule has 6 heteroatoms. The predicted molar refractivity (Wildman–Crippen MR) is 93.6 cm³/mol. The number of rotatable bonds is 6. The molecule has 1 aromatic heterocycles. The average molecular weight is 339 g/mol. The van der Waals surface area contributed by atoms with Gasteiger partial charge >= 0.3 is 0 Å². The fourth-order valence-corrected chi connectivity index (χ4v) is 2.36. The molecule has 128 valence electrons. The highest BCUT2D eigenvalue weighted by molar-refractivity contribution is 5.39. The number of halogens is 1. The first-order valence-corrected chi connectivity index (χ1v) is 7.75. The molecular formula is C19H18FN3O2. The highest BCUT2D eigenvalue weighted by Crippen LogP contribution is 2.23. The van der Waals surface area contributed by atoms with Crippen LogP contribution in [0.25, 0.3) is 0 Å². The van der Waals surface area contributed by atoms with Crippen molar-refractivity contribution in [3.63, 3.8) is 0 Å². The van der Waals surface area contributed by atoms with E-state index in [1.54, 1.807) is 31.5 Å². The Morgan fingerprint density at radius 3 is 2.56 bits per heavy atom. The Morgan fingerprint density at radius 2 is 1.80 bits per heavy atom. The van der Waals surface area contributed by atoms with Crippen LogP contribution in [0.3, 0.4) is 0 Å². The van der Waals surface area contributed by atoms with E-state index in [1.165, 1.54) is 12.1 Å². The topological polar surface area (TPSA) is 47.5 Å². The molecule has 0 bridgehead atoms. The summed E-state index contributed by atoms with van der Waals surface area (Å²) in [7, 11) is 3.54. The highest BCUT2D eigenvalue weighted by Gasteiger charge is 2.10. The molecule has 3 aromatic rings. The van der Waals surface area contributed by atoms with Gasteiger partial charge in [0.25, 0.3) is 0 Å². The van der Waals surface area contributed by atoms with E-state index in [1.807, 2.05) is 36.2 Å². The molecule has 0 atom stereocenters. The van der Waals surface area contributed by atoms with Crippen molar-refractivity contribution in [3.05, 3.63) is 72.2 Å². The third-order valence-corrected chi connectivity index (χ3v) is 3.59. The smallest absolute Gasteiger partial charge is 0.228 e. The molecule has 5 nitrogen and oxygen atoms in total. The fraction of sp³-hybridized carbons (Fsp3) is 0.158. The normalized spacial score (nSPS) is 10.4. The largest absolute Gasteiger partial charge is 0.496 e. The minimum atomic E-state index is -0.313. The average Bonchev–Trinajstić information content (AvgIpc) is 2.64. The fourth-order valence-electron chi connectivity index (χ4n) is 2.36. The Morgan fingerprint density at radius 1 is 1.04 bits per heavy atom. The molecule has 0 radical (unpaired) electrons. The molecule has 0 aliphatic carbocycles. The van der Waals surface area contributed by atoms with Crippen LogP contribution in [0.2, 0.25) is 0 Å². The van der Waals surface area contributed by atoms with Gasteiger partial charge in [-0.15, -0.1) is 0 Å². The SMILES string of the molecule is COc1ccccc1CN(C)c1nccc(Oc2ccc(F)cc2)n1. The Hall–Kier alpha value is -3.15. The molecule has 0 saturated carbocycles. The third kappa shape index (κ3) is 4.23. The summed E-state index contributed by atoms with van der Waals surface area (Å²) >= 11 is 0. The van der Waals surface area contributed by atoms with Crippen LogP contribution in [0.15, 0.2) is 60.8 Å². The maximum absolute atomic E-state index is 13.0. The number of methoxy groups -OCH3 is 1. The van der Waals surface area contributed by atoms with Crippen LogP contribution in [0.4, 0.5) is 10.3 Å². The van der Waals surface area contributed by atoms with Crippen LogP contribution in [0.5, 0.6) is 17.4 Å². The van der Waals surface area contributed by atoms with E-state index in [0.29, 0.717) is 24.1 Å². The lowest BCUT2D eigenvalue weighted by Crippen LogP contribution is -2.19. The molecule has 0 fully saturated rings. The van der Waals surface area contributed by atoms with Crippen molar-refractivity contribution in [1.82, 2.24) is 9.97 Å². The second-order valence-electron chi connectivity index (χ2n) is 5.42. The van der Waals surface area contributed by atoms with Gasteiger partial charge in [-0.1, -0.05) is 18.2 Å². The van der Waals surface area contributed by atoms with Crippen LogP contribution in [-0.4, -0.2) is 24.1 Å². The molecule has 0 aliphatic rings. The molecule has 0 unspecified atom stereocenters. The van der Waals surface area contributed by atoms with Gasteiger partial charge in [-0.3, -0.25) is 0 Å². The van der Waals surface area contributed by atoms with Crippen molar-refractivity contribution in [1.29, 1.82) is 0 Å². The van der Waals surface area contributed by atoms with Crippen molar-refractivity contribution in [2.45, 2.75) is 6.54 Å². The standard InChI is InChI=1S/C19H18FN3O2/c1-23(13-14-5-3-4-6-17(14)24-2)19-21-12-11-18(22-19)25-16-9-7-15(20)8-10-16/h3-12H,13H2,1-2H3. The lowest BCUT2D eigenvalue weighted by atomic mass is 10.2. The first-order chi connectivity index (χ1) is 12.2. The van der Waals surface area contributed by atoms with E-state index in [2.05, 4.69) is 9.97 Å². The van der Waals surface area contributed by atoms with E-state index in [9.17, 15) is 4.39 Å². The van der Waals surface area contributed by atoms with Gasteiger partial charge in [0.05, 0.1) is 7.11 Å². The van der Waals surface area contributed by atoms with Gasteiger partial charge in [-0.25, -0.2) is 9.37 Å². The quantitative estimate of drug-likeness (QED) is 0.678. The van der Waals surface area contributed by atoms with Gasteiger partial charge in [0.1, 0.15) is 17.3 Å². The van der Waals surface area contributed by atoms with Crippen LogP contribution in [0.1, 0.15) is 5.56 Å². The maximum Gasteiger partial charge on any atom is 0.228 e. The van der Waals surface area contributed by atoms with Gasteiger partial charge in [0.2, 0.25) is 11.8 Å². The number of ether oxygens (including phenoxy) is 2. The van der Waals surface area contributed by atoms with E-state index in [0.717, 1.165) is 11.3 Å². The third-order valence-electron chi connectivity index (χ3n) is 3.59. The number of hydrogen-bond acceptors (Lipinski definition) is 5. The van der Waals surface area contributed by atoms with Gasteiger partial charge in [-0.2, -0.15) is 4.98 Å². The van der Waals surface area contributed by atoms with Crippen molar-refractivity contribution in [2.75, 3.05) is 19.1 Å². The number of anilines is 1. The Labute approximate surface area is 145 Å². The van der Waals surface area contributed by atoms with Crippen molar-refractivity contribution < 1.29 is 13.9 Å². The summed E-state index contributed by atoms with van der Waals surface area (Å²) in [6.45, 7) is 0.587. The van der Waals surface area contributed by atoms with E-state index >= 15 is 0 Å². The zero-order chi connectivity index (χ0) is 17.6. The zero-order valence-electron chi connectivity index (χ0n) is 14.0. The van der Waals surface area contributed by atoms with Crippen molar-refractivity contribution in [3.8, 4) is 17.4 Å². The first-order valence-electron chi connectivity index (χ1n) is 7.75. The Bertz CT molecular complexity index is 840. The van der Waals surface area contributed by atoms with Crippen LogP contribution in [-0.2, 0) is 6.54 Å². The van der Waals surface area contributed by atoms with Crippen LogP contribution < -0.4 is 14.4 Å². The monoisotopic (exact) mass is 339 g/mol. The maximum atomic E-state index is 13.0. The molecule has 0 aliphatic heterocycles. The summed E-state index contributed by atoms with van der Waals surface area (Å²) in [5.41, 5.74) is 1.03. The summed E-state index contributed by atoms with van der Waals surface area (Å²) in [5.74, 6) is 1.92. The van der Waals surface area contributed by atoms with Gasteiger partial charge in [0.15, 0.2) is 0 Å². The molecule has 3 rings (SSSR count). The lowest BCUT2D eigenvalue weighted by molar-refractivity contribution is 0.409. The Balaban J connectivity index is 1.75. The highest BCUT2D eigenvalue weighted by atomic mass is 19.1. The van der Waals surface area contributed by atoms with Gasteiger partial charge in [0, 0.05) is 31.4 Å². The summed E-state index contributed by atoms with van der Waals surface area (Å²) < 4.78 is 24.0. The minimum absolute atomic E-state index is 0.313. The predicted octanol–water partition coefficient (Wildman–Crippen LogP) is 4.05.